The third-order valence-corrected chi connectivity index (χ3v) is 5.18. The monoisotopic (exact) mass is 404 g/mol. The Kier molecular flexibility index (Phi) is 11.9. The van der Waals surface area contributed by atoms with Crippen molar-refractivity contribution in [2.75, 3.05) is 19.7 Å². The average molecular weight is 405 g/mol. The van der Waals surface area contributed by atoms with E-state index >= 15 is 0 Å². The molecule has 0 amide bonds. The molecule has 156 valence electrons. The molecule has 2 aromatic rings. The lowest BCUT2D eigenvalue weighted by Gasteiger charge is -2.21. The molecule has 4 heteroatoms. The van der Waals surface area contributed by atoms with Crippen LogP contribution in [0.4, 0.5) is 0 Å². The summed E-state index contributed by atoms with van der Waals surface area (Å²) in [6.07, 6.45) is 8.18. The lowest BCUT2D eigenvalue weighted by Crippen LogP contribution is -3.14. The average Bonchev–Trinajstić information content (AvgIpc) is 2.71. The van der Waals surface area contributed by atoms with E-state index in [1.54, 1.807) is 0 Å². The van der Waals surface area contributed by atoms with E-state index in [4.69, 9.17) is 10.1 Å². The summed E-state index contributed by atoms with van der Waals surface area (Å²) in [4.78, 5) is 1.31. The van der Waals surface area contributed by atoms with E-state index in [2.05, 4.69) is 57.2 Å². The molecule has 0 bridgehead atoms. The fourth-order valence-corrected chi connectivity index (χ4v) is 3.50. The van der Waals surface area contributed by atoms with Crippen molar-refractivity contribution in [3.63, 3.8) is 0 Å². The van der Waals surface area contributed by atoms with Crippen LogP contribution in [0.15, 0.2) is 36.4 Å². The number of ether oxygens (including phenoxy) is 1. The number of hydrogen-bond donors (Lipinski definition) is 2. The Morgan fingerprint density at radius 3 is 2.04 bits per heavy atom. The van der Waals surface area contributed by atoms with E-state index in [-0.39, 0.29) is 12.4 Å². The van der Waals surface area contributed by atoms with Crippen molar-refractivity contribution in [1.29, 1.82) is 5.41 Å². The van der Waals surface area contributed by atoms with Crippen molar-refractivity contribution in [2.24, 2.45) is 0 Å². The van der Waals surface area contributed by atoms with Gasteiger partial charge >= 0.3 is 0 Å². The Labute approximate surface area is 177 Å². The predicted octanol–water partition coefficient (Wildman–Crippen LogP) is 2.22. The van der Waals surface area contributed by atoms with Gasteiger partial charge in [0.2, 0.25) is 5.84 Å². The van der Waals surface area contributed by atoms with Crippen molar-refractivity contribution >= 4 is 16.6 Å². The Bertz CT molecular complexity index is 709. The number of halogens is 1. The standard InChI is InChI=1S/C24H36N2O.ClH/c1-4-7-12-19-27-23-16-15-22(20-13-10-11-14-21(20)23)24(25)26(17-8-5-2)18-9-6-3;/h10-11,13-16,25H,4-9,12,17-19H2,1-3H3;1H. The van der Waals surface area contributed by atoms with Crippen LogP contribution in [-0.2, 0) is 0 Å². The molecular formula is C24H37ClN2O. The van der Waals surface area contributed by atoms with Crippen molar-refractivity contribution in [1.82, 2.24) is 0 Å². The summed E-state index contributed by atoms with van der Waals surface area (Å²) in [5, 5.41) is 11.2. The second kappa shape index (κ2) is 13.6. The van der Waals surface area contributed by atoms with Crippen molar-refractivity contribution in [3.8, 4) is 5.75 Å². The first-order valence-corrected chi connectivity index (χ1v) is 10.8. The van der Waals surface area contributed by atoms with Crippen LogP contribution in [0.2, 0.25) is 0 Å². The molecule has 0 spiro atoms. The van der Waals surface area contributed by atoms with E-state index in [9.17, 15) is 0 Å². The van der Waals surface area contributed by atoms with E-state index in [1.807, 2.05) is 0 Å². The fraction of sp³-hybridized carbons (Fsp3) is 0.542. The fourth-order valence-electron chi connectivity index (χ4n) is 3.50. The highest BCUT2D eigenvalue weighted by atomic mass is 35.5. The number of unbranched alkanes of at least 4 members (excludes halogenated alkanes) is 4. The van der Waals surface area contributed by atoms with Crippen molar-refractivity contribution in [3.05, 3.63) is 42.0 Å². The Morgan fingerprint density at radius 2 is 1.43 bits per heavy atom. The van der Waals surface area contributed by atoms with Gasteiger partial charge in [-0.3, -0.25) is 10.3 Å². The molecule has 0 saturated heterocycles. The number of hydrogen-bond acceptors (Lipinski definition) is 2. The highest BCUT2D eigenvalue weighted by molar-refractivity contribution is 6.06. The van der Waals surface area contributed by atoms with E-state index in [1.165, 1.54) is 30.6 Å². The molecule has 0 aliphatic rings. The van der Waals surface area contributed by atoms with Crippen LogP contribution in [0.1, 0.15) is 71.3 Å². The van der Waals surface area contributed by atoms with Gasteiger partial charge in [0, 0.05) is 10.8 Å². The molecule has 0 unspecified atom stereocenters. The quantitative estimate of drug-likeness (QED) is 0.318. The molecule has 0 heterocycles. The molecule has 0 atom stereocenters. The number of amidine groups is 1. The molecule has 0 aromatic heterocycles. The summed E-state index contributed by atoms with van der Waals surface area (Å²) >= 11 is 0. The third-order valence-electron chi connectivity index (χ3n) is 5.18. The molecule has 0 radical (unpaired) electrons. The zero-order chi connectivity index (χ0) is 19.5. The van der Waals surface area contributed by atoms with Gasteiger partial charge < -0.3 is 17.1 Å². The van der Waals surface area contributed by atoms with E-state index in [0.717, 1.165) is 66.9 Å². The number of nitrogens with one attached hydrogen (secondary N) is 2. The first-order valence-electron chi connectivity index (χ1n) is 10.8. The zero-order valence-electron chi connectivity index (χ0n) is 17.8. The van der Waals surface area contributed by atoms with Crippen LogP contribution < -0.4 is 22.0 Å². The number of benzene rings is 2. The molecule has 0 fully saturated rings. The summed E-state index contributed by atoms with van der Waals surface area (Å²) in [5.41, 5.74) is 1.05. The van der Waals surface area contributed by atoms with Gasteiger partial charge in [-0.25, -0.2) is 0 Å². The van der Waals surface area contributed by atoms with E-state index in [0.29, 0.717) is 0 Å². The minimum Gasteiger partial charge on any atom is -1.00 e. The molecule has 2 N–H and O–H groups in total. The molecule has 2 rings (SSSR count). The predicted molar refractivity (Wildman–Crippen MR) is 116 cm³/mol. The first kappa shape index (κ1) is 24.5. The Hall–Kier alpha value is -1.58. The van der Waals surface area contributed by atoms with Crippen molar-refractivity contribution < 1.29 is 22.0 Å². The normalized spacial score (nSPS) is 10.9. The second-order valence-electron chi connectivity index (χ2n) is 7.40. The first-order chi connectivity index (χ1) is 13.2. The zero-order valence-corrected chi connectivity index (χ0v) is 18.6. The third kappa shape index (κ3) is 6.79. The maximum Gasteiger partial charge on any atom is 0.226 e. The van der Waals surface area contributed by atoms with Gasteiger partial charge in [0.1, 0.15) is 5.75 Å². The van der Waals surface area contributed by atoms with Crippen LogP contribution in [-0.4, -0.2) is 25.5 Å². The van der Waals surface area contributed by atoms with Crippen LogP contribution in [0, 0.1) is 5.41 Å². The Balaban J connectivity index is 0.00000392. The SMILES string of the molecule is CCCCCOc1ccc(C(=N)[NH+](CCCC)CCCC)c2ccccc12.[Cl-]. The van der Waals surface area contributed by atoms with Gasteiger partial charge in [0.15, 0.2) is 0 Å². The summed E-state index contributed by atoms with van der Waals surface area (Å²) in [6, 6.07) is 12.5. The molecule has 0 aliphatic heterocycles. The molecular weight excluding hydrogens is 368 g/mol. The molecule has 3 nitrogen and oxygen atoms in total. The summed E-state index contributed by atoms with van der Waals surface area (Å²) < 4.78 is 6.07. The highest BCUT2D eigenvalue weighted by Crippen LogP contribution is 2.28. The minimum atomic E-state index is 0. The highest BCUT2D eigenvalue weighted by Gasteiger charge is 2.20. The van der Waals surface area contributed by atoms with Gasteiger partial charge in [-0.05, 0) is 31.4 Å². The number of quaternary nitrogens is 1. The number of rotatable bonds is 12. The molecule has 0 aliphatic carbocycles. The van der Waals surface area contributed by atoms with Gasteiger partial charge in [-0.15, -0.1) is 0 Å². The van der Waals surface area contributed by atoms with Crippen molar-refractivity contribution in [2.45, 2.75) is 65.7 Å². The lowest BCUT2D eigenvalue weighted by atomic mass is 10.0. The number of fused-ring (bicyclic) bond motifs is 1. The van der Waals surface area contributed by atoms with Crippen LogP contribution in [0.3, 0.4) is 0 Å². The summed E-state index contributed by atoms with van der Waals surface area (Å²) in [5.74, 6) is 1.67. The van der Waals surface area contributed by atoms with Crippen LogP contribution in [0.5, 0.6) is 5.75 Å². The van der Waals surface area contributed by atoms with E-state index < -0.39 is 0 Å². The van der Waals surface area contributed by atoms with Crippen LogP contribution >= 0.6 is 0 Å². The maximum atomic E-state index is 8.91. The van der Waals surface area contributed by atoms with Crippen LogP contribution in [0.25, 0.3) is 10.8 Å². The minimum absolute atomic E-state index is 0. The molecule has 0 saturated carbocycles. The van der Waals surface area contributed by atoms with Gasteiger partial charge in [0.05, 0.1) is 25.3 Å². The second-order valence-corrected chi connectivity index (χ2v) is 7.40. The van der Waals surface area contributed by atoms with Gasteiger partial charge in [0.25, 0.3) is 0 Å². The Morgan fingerprint density at radius 1 is 0.821 bits per heavy atom. The smallest absolute Gasteiger partial charge is 0.226 e. The lowest BCUT2D eigenvalue weighted by molar-refractivity contribution is -0.806. The summed E-state index contributed by atoms with van der Waals surface area (Å²) in [6.45, 7) is 9.50. The topological polar surface area (TPSA) is 37.5 Å². The largest absolute Gasteiger partial charge is 1.00 e. The summed E-state index contributed by atoms with van der Waals surface area (Å²) in [7, 11) is 0. The molecule has 2 aromatic carbocycles. The van der Waals surface area contributed by atoms with Gasteiger partial charge in [-0.1, -0.05) is 70.7 Å². The van der Waals surface area contributed by atoms with Gasteiger partial charge in [-0.2, -0.15) is 0 Å². The molecule has 28 heavy (non-hydrogen) atoms. The maximum absolute atomic E-state index is 8.91.